The molecule has 0 spiro atoms. The molecule has 3 fully saturated rings. The van der Waals surface area contributed by atoms with Crippen molar-refractivity contribution < 1.29 is 9.21 Å². The summed E-state index contributed by atoms with van der Waals surface area (Å²) in [7, 11) is 0. The summed E-state index contributed by atoms with van der Waals surface area (Å²) >= 11 is 0. The summed E-state index contributed by atoms with van der Waals surface area (Å²) in [6, 6.07) is 9.95. The summed E-state index contributed by atoms with van der Waals surface area (Å²) < 4.78 is 5.72. The third kappa shape index (κ3) is 1.91. The second-order valence-corrected chi connectivity index (χ2v) is 5.86. The smallest absolute Gasteiger partial charge is 0.289 e. The molecule has 1 aromatic carbocycles. The van der Waals surface area contributed by atoms with Gasteiger partial charge in [0.2, 0.25) is 0 Å². The largest absolute Gasteiger partial charge is 0.451 e. The van der Waals surface area contributed by atoms with Crippen LogP contribution in [0.25, 0.3) is 11.0 Å². The van der Waals surface area contributed by atoms with E-state index in [2.05, 4.69) is 5.32 Å². The van der Waals surface area contributed by atoms with Crippen LogP contribution in [0.15, 0.2) is 34.7 Å². The normalized spacial score (nSPS) is 25.9. The number of carbonyl (C=O) groups excluding carboxylic acids is 1. The summed E-state index contributed by atoms with van der Waals surface area (Å²) in [5.74, 6) is 1.10. The van der Waals surface area contributed by atoms with Crippen molar-refractivity contribution in [3.8, 4) is 0 Å². The zero-order valence-electron chi connectivity index (χ0n) is 11.3. The maximum atomic E-state index is 12.7. The fourth-order valence-electron chi connectivity index (χ4n) is 3.41. The van der Waals surface area contributed by atoms with Crippen molar-refractivity contribution in [3.05, 3.63) is 36.1 Å². The molecule has 2 aromatic rings. The number of fused-ring (bicyclic) bond motifs is 5. The topological polar surface area (TPSA) is 45.5 Å². The van der Waals surface area contributed by atoms with Crippen LogP contribution in [0.5, 0.6) is 0 Å². The van der Waals surface area contributed by atoms with Crippen molar-refractivity contribution in [2.75, 3.05) is 19.6 Å². The highest BCUT2D eigenvalue weighted by Gasteiger charge is 2.35. The molecule has 3 aliphatic heterocycles. The van der Waals surface area contributed by atoms with Crippen molar-refractivity contribution in [2.24, 2.45) is 5.92 Å². The lowest BCUT2D eigenvalue weighted by atomic mass is 9.95. The van der Waals surface area contributed by atoms with Crippen LogP contribution in [-0.2, 0) is 0 Å². The van der Waals surface area contributed by atoms with E-state index < -0.39 is 0 Å². The predicted molar refractivity (Wildman–Crippen MR) is 76.6 cm³/mol. The highest BCUT2D eigenvalue weighted by Crippen LogP contribution is 2.27. The minimum absolute atomic E-state index is 0.0413. The molecule has 5 rings (SSSR count). The Morgan fingerprint density at radius 1 is 1.25 bits per heavy atom. The first-order valence-electron chi connectivity index (χ1n) is 7.31. The highest BCUT2D eigenvalue weighted by molar-refractivity contribution is 5.96. The van der Waals surface area contributed by atoms with Crippen molar-refractivity contribution in [1.29, 1.82) is 0 Å². The maximum Gasteiger partial charge on any atom is 0.289 e. The summed E-state index contributed by atoms with van der Waals surface area (Å²) in [5, 5.41) is 4.44. The van der Waals surface area contributed by atoms with Crippen LogP contribution < -0.4 is 5.32 Å². The van der Waals surface area contributed by atoms with Crippen LogP contribution >= 0.6 is 0 Å². The summed E-state index contributed by atoms with van der Waals surface area (Å²) in [4.78, 5) is 14.7. The van der Waals surface area contributed by atoms with Gasteiger partial charge in [-0.2, -0.15) is 0 Å². The molecule has 4 nitrogen and oxygen atoms in total. The van der Waals surface area contributed by atoms with E-state index >= 15 is 0 Å². The SMILES string of the molecule is O=C(c1cc2ccccc2o1)N1CC2CCC1CNC2. The predicted octanol–water partition coefficient (Wildman–Crippen LogP) is 2.26. The van der Waals surface area contributed by atoms with E-state index in [9.17, 15) is 4.79 Å². The van der Waals surface area contributed by atoms with Gasteiger partial charge < -0.3 is 14.6 Å². The molecule has 104 valence electrons. The van der Waals surface area contributed by atoms with E-state index in [1.54, 1.807) is 0 Å². The van der Waals surface area contributed by atoms with E-state index in [0.717, 1.165) is 37.0 Å². The summed E-state index contributed by atoms with van der Waals surface area (Å²) in [6.07, 6.45) is 2.32. The first-order chi connectivity index (χ1) is 9.81. The maximum absolute atomic E-state index is 12.7. The Balaban J connectivity index is 1.66. The van der Waals surface area contributed by atoms with Gasteiger partial charge >= 0.3 is 0 Å². The zero-order chi connectivity index (χ0) is 13.5. The molecular formula is C16H18N2O2. The molecule has 0 radical (unpaired) electrons. The van der Waals surface area contributed by atoms with E-state index in [1.165, 1.54) is 6.42 Å². The Labute approximate surface area is 117 Å². The zero-order valence-corrected chi connectivity index (χ0v) is 11.3. The van der Waals surface area contributed by atoms with Crippen molar-refractivity contribution in [1.82, 2.24) is 10.2 Å². The molecular weight excluding hydrogens is 252 g/mol. The second kappa shape index (κ2) is 4.63. The van der Waals surface area contributed by atoms with Crippen molar-refractivity contribution in [2.45, 2.75) is 18.9 Å². The average molecular weight is 270 g/mol. The lowest BCUT2D eigenvalue weighted by molar-refractivity contribution is 0.0561. The van der Waals surface area contributed by atoms with E-state index in [0.29, 0.717) is 17.7 Å². The Morgan fingerprint density at radius 2 is 2.15 bits per heavy atom. The van der Waals surface area contributed by atoms with Gasteiger partial charge in [-0.1, -0.05) is 18.2 Å². The van der Waals surface area contributed by atoms with Gasteiger partial charge in [-0.15, -0.1) is 0 Å². The van der Waals surface area contributed by atoms with Gasteiger partial charge in [-0.25, -0.2) is 0 Å². The molecule has 3 aliphatic rings. The van der Waals surface area contributed by atoms with Crippen LogP contribution in [0.4, 0.5) is 0 Å². The van der Waals surface area contributed by atoms with Gasteiger partial charge in [0.25, 0.3) is 5.91 Å². The van der Waals surface area contributed by atoms with E-state index in [4.69, 9.17) is 4.42 Å². The molecule has 3 saturated heterocycles. The Kier molecular flexibility index (Phi) is 2.77. The lowest BCUT2D eigenvalue weighted by Gasteiger charge is -2.35. The number of hydrogen-bond acceptors (Lipinski definition) is 3. The molecule has 2 unspecified atom stereocenters. The van der Waals surface area contributed by atoms with Gasteiger partial charge in [0.15, 0.2) is 5.76 Å². The van der Waals surface area contributed by atoms with Gasteiger partial charge in [-0.05, 0) is 37.4 Å². The molecule has 20 heavy (non-hydrogen) atoms. The van der Waals surface area contributed by atoms with Crippen molar-refractivity contribution >= 4 is 16.9 Å². The van der Waals surface area contributed by atoms with Crippen LogP contribution in [-0.4, -0.2) is 36.5 Å². The van der Waals surface area contributed by atoms with Gasteiger partial charge in [0.05, 0.1) is 0 Å². The highest BCUT2D eigenvalue weighted by atomic mass is 16.3. The van der Waals surface area contributed by atoms with Gasteiger partial charge in [-0.3, -0.25) is 4.79 Å². The minimum atomic E-state index is 0.0413. The number of para-hydroxylation sites is 1. The average Bonchev–Trinajstić information content (AvgIpc) is 2.64. The number of hydrogen-bond donors (Lipinski definition) is 1. The second-order valence-electron chi connectivity index (χ2n) is 5.86. The molecule has 1 aromatic heterocycles. The molecule has 2 bridgehead atoms. The lowest BCUT2D eigenvalue weighted by Crippen LogP contribution is -2.47. The molecule has 0 aliphatic carbocycles. The monoisotopic (exact) mass is 270 g/mol. The number of nitrogens with zero attached hydrogens (tertiary/aromatic N) is 1. The number of rotatable bonds is 1. The number of furan rings is 1. The molecule has 2 atom stereocenters. The molecule has 1 N–H and O–H groups in total. The van der Waals surface area contributed by atoms with E-state index in [1.807, 2.05) is 35.2 Å². The number of piperidine rings is 1. The fraction of sp³-hybridized carbons (Fsp3) is 0.438. The molecule has 4 heteroatoms. The third-order valence-corrected chi connectivity index (χ3v) is 4.51. The minimum Gasteiger partial charge on any atom is -0.451 e. The third-order valence-electron chi connectivity index (χ3n) is 4.51. The number of benzene rings is 1. The summed E-state index contributed by atoms with van der Waals surface area (Å²) in [5.41, 5.74) is 0.786. The first-order valence-corrected chi connectivity index (χ1v) is 7.31. The Morgan fingerprint density at radius 3 is 3.05 bits per heavy atom. The fourth-order valence-corrected chi connectivity index (χ4v) is 3.41. The van der Waals surface area contributed by atoms with Crippen LogP contribution in [0, 0.1) is 5.92 Å². The van der Waals surface area contributed by atoms with E-state index in [-0.39, 0.29) is 5.91 Å². The molecule has 0 saturated carbocycles. The van der Waals surface area contributed by atoms with Crippen LogP contribution in [0.3, 0.4) is 0 Å². The molecule has 1 amide bonds. The number of nitrogens with one attached hydrogen (secondary N) is 1. The van der Waals surface area contributed by atoms with Gasteiger partial charge in [0.1, 0.15) is 5.58 Å². The number of carbonyl (C=O) groups is 1. The van der Waals surface area contributed by atoms with Gasteiger partial charge in [0, 0.05) is 24.5 Å². The van der Waals surface area contributed by atoms with Crippen LogP contribution in [0.2, 0.25) is 0 Å². The Bertz CT molecular complexity index is 612. The first kappa shape index (κ1) is 12.0. The molecule has 4 heterocycles. The van der Waals surface area contributed by atoms with Crippen LogP contribution in [0.1, 0.15) is 23.4 Å². The van der Waals surface area contributed by atoms with Crippen molar-refractivity contribution in [3.63, 3.8) is 0 Å². The Hall–Kier alpha value is -1.81. The standard InChI is InChI=1S/C16H18N2O2/c19-16(15-7-12-3-1-2-4-14(12)20-15)18-10-11-5-6-13(18)9-17-8-11/h1-4,7,11,13,17H,5-6,8-10H2. The quantitative estimate of drug-likeness (QED) is 0.864. The summed E-state index contributed by atoms with van der Waals surface area (Å²) in [6.45, 7) is 2.79. The number of amides is 1.